The summed E-state index contributed by atoms with van der Waals surface area (Å²) in [5.74, 6) is 0.245. The van der Waals surface area contributed by atoms with Crippen molar-refractivity contribution in [3.63, 3.8) is 0 Å². The fraction of sp³-hybridized carbons (Fsp3) is 0.0417. The SMILES string of the molecule is CN1C(=O)/C(=C(/N)c2ccccc2)C(=Nc2ccccc2)C1=Nc1ccccc1. The normalized spacial score (nSPS) is 18.5. The molecule has 1 amide bonds. The molecule has 2 N–H and O–H groups in total. The molecule has 4 rings (SSSR count). The van der Waals surface area contributed by atoms with Crippen LogP contribution in [0.1, 0.15) is 5.56 Å². The van der Waals surface area contributed by atoms with E-state index in [0.717, 1.165) is 16.9 Å². The zero-order valence-electron chi connectivity index (χ0n) is 16.0. The third-order valence-electron chi connectivity index (χ3n) is 4.63. The number of nitrogens with zero attached hydrogens (tertiary/aromatic N) is 3. The van der Waals surface area contributed by atoms with Gasteiger partial charge in [0, 0.05) is 7.05 Å². The first-order chi connectivity index (χ1) is 14.1. The lowest BCUT2D eigenvalue weighted by Gasteiger charge is -2.08. The molecule has 0 atom stereocenters. The number of likely N-dealkylation sites (N-methyl/N-ethyl adjacent to an activating group) is 1. The number of nitrogens with two attached hydrogens (primary N) is 1. The molecule has 1 heterocycles. The molecular weight excluding hydrogens is 360 g/mol. The van der Waals surface area contributed by atoms with Crippen LogP contribution in [0.4, 0.5) is 11.4 Å². The highest BCUT2D eigenvalue weighted by Crippen LogP contribution is 2.27. The van der Waals surface area contributed by atoms with Crippen molar-refractivity contribution in [3.05, 3.63) is 102 Å². The number of hydrogen-bond acceptors (Lipinski definition) is 4. The first kappa shape index (κ1) is 18.4. The van der Waals surface area contributed by atoms with Gasteiger partial charge in [0.05, 0.1) is 22.6 Å². The Morgan fingerprint density at radius 2 is 1.24 bits per heavy atom. The van der Waals surface area contributed by atoms with Crippen LogP contribution < -0.4 is 5.73 Å². The standard InChI is InChI=1S/C24H20N4O/c1-28-23(27-19-15-9-4-10-16-19)22(26-18-13-7-3-8-14-18)20(24(28)29)21(25)17-11-5-2-6-12-17/h2-16H,25H2,1H3/b21-20+,26-22?,27-23?. The Hall–Kier alpha value is -3.99. The average molecular weight is 380 g/mol. The number of para-hydroxylation sites is 2. The fourth-order valence-corrected chi connectivity index (χ4v) is 3.13. The number of hydrogen-bond donors (Lipinski definition) is 1. The van der Waals surface area contributed by atoms with Crippen LogP contribution in [0.25, 0.3) is 5.70 Å². The van der Waals surface area contributed by atoms with E-state index >= 15 is 0 Å². The summed E-state index contributed by atoms with van der Waals surface area (Å²) in [5.41, 5.74) is 9.89. The Morgan fingerprint density at radius 3 is 1.79 bits per heavy atom. The Bertz CT molecular complexity index is 1120. The van der Waals surface area contributed by atoms with Gasteiger partial charge in [-0.15, -0.1) is 0 Å². The maximum Gasteiger partial charge on any atom is 0.263 e. The second kappa shape index (κ2) is 7.94. The summed E-state index contributed by atoms with van der Waals surface area (Å²) in [6, 6.07) is 28.4. The zero-order chi connectivity index (χ0) is 20.2. The molecule has 29 heavy (non-hydrogen) atoms. The Balaban J connectivity index is 1.94. The van der Waals surface area contributed by atoms with E-state index in [1.54, 1.807) is 7.05 Å². The van der Waals surface area contributed by atoms with Crippen LogP contribution in [0.3, 0.4) is 0 Å². The van der Waals surface area contributed by atoms with Crippen LogP contribution in [0.2, 0.25) is 0 Å². The Kier molecular flexibility index (Phi) is 5.03. The van der Waals surface area contributed by atoms with Crippen LogP contribution in [0.15, 0.2) is 107 Å². The van der Waals surface area contributed by atoms with Crippen LogP contribution in [0, 0.1) is 0 Å². The minimum absolute atomic E-state index is 0.226. The summed E-state index contributed by atoms with van der Waals surface area (Å²) in [6.07, 6.45) is 0. The van der Waals surface area contributed by atoms with E-state index in [2.05, 4.69) is 0 Å². The Labute approximate surface area is 169 Å². The average Bonchev–Trinajstić information content (AvgIpc) is 2.99. The highest BCUT2D eigenvalue weighted by Gasteiger charge is 2.38. The van der Waals surface area contributed by atoms with Gasteiger partial charge in [-0.05, 0) is 29.8 Å². The molecule has 1 fully saturated rings. The number of amidine groups is 1. The van der Waals surface area contributed by atoms with Gasteiger partial charge in [0.15, 0.2) is 5.84 Å². The molecule has 1 aliphatic rings. The van der Waals surface area contributed by atoms with Gasteiger partial charge in [-0.2, -0.15) is 0 Å². The lowest BCUT2D eigenvalue weighted by Crippen LogP contribution is -2.26. The molecule has 5 nitrogen and oxygen atoms in total. The van der Waals surface area contributed by atoms with Gasteiger partial charge in [-0.3, -0.25) is 9.69 Å². The number of rotatable bonds is 3. The van der Waals surface area contributed by atoms with Crippen molar-refractivity contribution in [2.75, 3.05) is 7.05 Å². The molecular formula is C24H20N4O. The fourth-order valence-electron chi connectivity index (χ4n) is 3.13. The number of carbonyl (C=O) groups is 1. The molecule has 142 valence electrons. The van der Waals surface area contributed by atoms with Crippen molar-refractivity contribution >= 4 is 34.5 Å². The van der Waals surface area contributed by atoms with Crippen molar-refractivity contribution in [1.29, 1.82) is 0 Å². The molecule has 0 unspecified atom stereocenters. The second-order valence-corrected chi connectivity index (χ2v) is 6.59. The van der Waals surface area contributed by atoms with Crippen molar-refractivity contribution in [2.24, 2.45) is 15.7 Å². The van der Waals surface area contributed by atoms with Crippen molar-refractivity contribution in [3.8, 4) is 0 Å². The summed E-state index contributed by atoms with van der Waals surface area (Å²) < 4.78 is 0. The topological polar surface area (TPSA) is 71.0 Å². The minimum atomic E-state index is -0.226. The predicted octanol–water partition coefficient (Wildman–Crippen LogP) is 4.33. The van der Waals surface area contributed by atoms with Crippen molar-refractivity contribution in [2.45, 2.75) is 0 Å². The number of aliphatic imine (C=N–C) groups is 2. The number of amides is 1. The van der Waals surface area contributed by atoms with Crippen LogP contribution in [-0.4, -0.2) is 29.4 Å². The number of carbonyl (C=O) groups excluding carboxylic acids is 1. The first-order valence-corrected chi connectivity index (χ1v) is 9.26. The van der Waals surface area contributed by atoms with E-state index in [9.17, 15) is 4.79 Å². The predicted molar refractivity (Wildman–Crippen MR) is 117 cm³/mol. The monoisotopic (exact) mass is 380 g/mol. The number of benzene rings is 3. The summed E-state index contributed by atoms with van der Waals surface area (Å²) in [5, 5.41) is 0. The van der Waals surface area contributed by atoms with E-state index < -0.39 is 0 Å². The minimum Gasteiger partial charge on any atom is -0.398 e. The Morgan fingerprint density at radius 1 is 0.759 bits per heavy atom. The maximum absolute atomic E-state index is 13.1. The van der Waals surface area contributed by atoms with E-state index in [1.165, 1.54) is 4.90 Å². The largest absolute Gasteiger partial charge is 0.398 e. The summed E-state index contributed by atoms with van der Waals surface area (Å²) in [4.78, 5) is 24.1. The van der Waals surface area contributed by atoms with Gasteiger partial charge >= 0.3 is 0 Å². The molecule has 0 aromatic heterocycles. The lowest BCUT2D eigenvalue weighted by molar-refractivity contribution is -0.121. The quantitative estimate of drug-likeness (QED) is 0.687. The molecule has 0 spiro atoms. The molecule has 1 aliphatic heterocycles. The van der Waals surface area contributed by atoms with Crippen molar-refractivity contribution in [1.82, 2.24) is 4.90 Å². The van der Waals surface area contributed by atoms with Crippen LogP contribution in [-0.2, 0) is 4.79 Å². The molecule has 1 saturated heterocycles. The summed E-state index contributed by atoms with van der Waals surface area (Å²) in [7, 11) is 1.69. The van der Waals surface area contributed by atoms with Gasteiger partial charge in [0.1, 0.15) is 5.71 Å². The molecule has 0 bridgehead atoms. The van der Waals surface area contributed by atoms with Gasteiger partial charge in [-0.25, -0.2) is 9.98 Å². The molecule has 0 saturated carbocycles. The highest BCUT2D eigenvalue weighted by atomic mass is 16.2. The van der Waals surface area contributed by atoms with E-state index in [4.69, 9.17) is 15.7 Å². The van der Waals surface area contributed by atoms with Gasteiger partial charge in [0.2, 0.25) is 0 Å². The number of likely N-dealkylation sites (tertiary alicyclic amines) is 1. The van der Waals surface area contributed by atoms with E-state index in [1.807, 2.05) is 91.0 Å². The zero-order valence-corrected chi connectivity index (χ0v) is 16.0. The maximum atomic E-state index is 13.1. The summed E-state index contributed by atoms with van der Waals surface area (Å²) >= 11 is 0. The first-order valence-electron chi connectivity index (χ1n) is 9.26. The smallest absolute Gasteiger partial charge is 0.263 e. The van der Waals surface area contributed by atoms with Crippen LogP contribution >= 0.6 is 0 Å². The third-order valence-corrected chi connectivity index (χ3v) is 4.63. The van der Waals surface area contributed by atoms with Gasteiger partial charge in [-0.1, -0.05) is 66.7 Å². The van der Waals surface area contributed by atoms with Crippen LogP contribution in [0.5, 0.6) is 0 Å². The highest BCUT2D eigenvalue weighted by molar-refractivity contribution is 6.62. The molecule has 0 aliphatic carbocycles. The molecule has 0 radical (unpaired) electrons. The van der Waals surface area contributed by atoms with Gasteiger partial charge in [0.25, 0.3) is 5.91 Å². The van der Waals surface area contributed by atoms with E-state index in [0.29, 0.717) is 22.8 Å². The lowest BCUT2D eigenvalue weighted by atomic mass is 10.0. The molecule has 3 aromatic rings. The molecule has 5 heteroatoms. The second-order valence-electron chi connectivity index (χ2n) is 6.59. The van der Waals surface area contributed by atoms with Crippen molar-refractivity contribution < 1.29 is 4.79 Å². The van der Waals surface area contributed by atoms with E-state index in [-0.39, 0.29) is 5.91 Å². The van der Waals surface area contributed by atoms with Gasteiger partial charge < -0.3 is 5.73 Å². The molecule has 3 aromatic carbocycles. The summed E-state index contributed by atoms with van der Waals surface area (Å²) in [6.45, 7) is 0. The third kappa shape index (κ3) is 3.71.